The van der Waals surface area contributed by atoms with Gasteiger partial charge in [-0.05, 0) is 31.1 Å². The second-order valence-corrected chi connectivity index (χ2v) is 6.58. The zero-order valence-corrected chi connectivity index (χ0v) is 17.0. The van der Waals surface area contributed by atoms with Crippen LogP contribution in [0.2, 0.25) is 0 Å². The molecule has 2 aromatic heterocycles. The van der Waals surface area contributed by atoms with Crippen LogP contribution in [0, 0.1) is 6.92 Å². The first kappa shape index (κ1) is 22.9. The minimum absolute atomic E-state index is 0.0359. The third-order valence-electron chi connectivity index (χ3n) is 3.94. The van der Waals surface area contributed by atoms with Crippen LogP contribution in [0.1, 0.15) is 42.0 Å². The van der Waals surface area contributed by atoms with Gasteiger partial charge in [0.2, 0.25) is 17.7 Å². The quantitative estimate of drug-likeness (QED) is 0.605. The Hall–Kier alpha value is -3.43. The molecule has 0 saturated carbocycles. The molecule has 0 aliphatic heterocycles. The molecule has 0 aromatic carbocycles. The van der Waals surface area contributed by atoms with E-state index in [4.69, 9.17) is 4.74 Å². The number of nitrogens with zero attached hydrogens (tertiary/aromatic N) is 3. The highest BCUT2D eigenvalue weighted by Crippen LogP contribution is 2.23. The maximum atomic E-state index is 13.5. The molecule has 0 saturated heterocycles. The molecule has 0 fully saturated rings. The number of carbonyl (C=O) groups excluding carboxylic acids is 2. The van der Waals surface area contributed by atoms with E-state index in [0.29, 0.717) is 11.3 Å². The minimum atomic E-state index is -3.14. The van der Waals surface area contributed by atoms with Crippen molar-refractivity contribution in [2.45, 2.75) is 39.7 Å². The van der Waals surface area contributed by atoms with E-state index in [0.717, 1.165) is 0 Å². The molecular weight excluding hydrogens is 396 g/mol. The van der Waals surface area contributed by atoms with Crippen molar-refractivity contribution >= 4 is 17.8 Å². The number of aromatic nitrogens is 3. The topological polar surface area (TPSA) is 106 Å². The molecule has 10 heteroatoms. The minimum Gasteiger partial charge on any atom is -0.471 e. The van der Waals surface area contributed by atoms with Gasteiger partial charge in [0.25, 0.3) is 5.91 Å². The first-order valence-corrected chi connectivity index (χ1v) is 9.16. The van der Waals surface area contributed by atoms with Gasteiger partial charge in [0.15, 0.2) is 6.61 Å². The summed E-state index contributed by atoms with van der Waals surface area (Å²) in [6.45, 7) is 7.10. The van der Waals surface area contributed by atoms with Crippen LogP contribution in [0.5, 0.6) is 5.88 Å². The molecule has 2 N–H and O–H groups in total. The smallest absolute Gasteiger partial charge is 0.302 e. The maximum absolute atomic E-state index is 13.5. The van der Waals surface area contributed by atoms with Crippen molar-refractivity contribution < 1.29 is 23.1 Å². The van der Waals surface area contributed by atoms with Crippen LogP contribution < -0.4 is 15.4 Å². The standard InChI is InChI=1S/C20H23F2N5O3/c1-5-16(28)27-19-25-13(4)8-15(26-19)18(29)24-10-14-6-7-17(23-9-14)30-11-20(21,22)12(2)3/h6-9H,2,5,10-11H2,1,3-4H3,(H,24,29)(H,25,26,27,28). The van der Waals surface area contributed by atoms with Crippen molar-refractivity contribution in [3.05, 3.63) is 53.5 Å². The van der Waals surface area contributed by atoms with Gasteiger partial charge in [-0.15, -0.1) is 0 Å². The largest absolute Gasteiger partial charge is 0.471 e. The van der Waals surface area contributed by atoms with E-state index in [1.165, 1.54) is 25.3 Å². The predicted molar refractivity (Wildman–Crippen MR) is 106 cm³/mol. The van der Waals surface area contributed by atoms with Crippen LogP contribution in [0.15, 0.2) is 36.5 Å². The highest BCUT2D eigenvalue weighted by molar-refractivity contribution is 5.93. The highest BCUT2D eigenvalue weighted by atomic mass is 19.3. The highest BCUT2D eigenvalue weighted by Gasteiger charge is 2.31. The van der Waals surface area contributed by atoms with Gasteiger partial charge < -0.3 is 10.1 Å². The zero-order chi connectivity index (χ0) is 22.3. The Labute approximate surface area is 172 Å². The van der Waals surface area contributed by atoms with Gasteiger partial charge in [-0.1, -0.05) is 19.6 Å². The van der Waals surface area contributed by atoms with Gasteiger partial charge in [0.1, 0.15) is 5.69 Å². The SMILES string of the molecule is C=C(C)C(F)(F)COc1ccc(CNC(=O)c2cc(C)nc(NC(=O)CC)n2)cn1. The number of hydrogen-bond donors (Lipinski definition) is 2. The molecule has 0 aliphatic rings. The van der Waals surface area contributed by atoms with E-state index in [1.807, 2.05) is 0 Å². The van der Waals surface area contributed by atoms with Crippen LogP contribution in [-0.4, -0.2) is 39.3 Å². The molecule has 0 radical (unpaired) electrons. The summed E-state index contributed by atoms with van der Waals surface area (Å²) >= 11 is 0. The van der Waals surface area contributed by atoms with Crippen LogP contribution in [0.25, 0.3) is 0 Å². The van der Waals surface area contributed by atoms with Crippen LogP contribution in [0.3, 0.4) is 0 Å². The summed E-state index contributed by atoms with van der Waals surface area (Å²) in [6.07, 6.45) is 1.67. The maximum Gasteiger partial charge on any atom is 0.302 e. The molecule has 0 unspecified atom stereocenters. The number of carbonyl (C=O) groups is 2. The average molecular weight is 419 g/mol. The van der Waals surface area contributed by atoms with E-state index in [2.05, 4.69) is 32.2 Å². The van der Waals surface area contributed by atoms with Gasteiger partial charge in [0, 0.05) is 30.9 Å². The number of aryl methyl sites for hydroxylation is 1. The lowest BCUT2D eigenvalue weighted by atomic mass is 10.2. The fraction of sp³-hybridized carbons (Fsp3) is 0.350. The molecule has 2 aromatic rings. The van der Waals surface area contributed by atoms with Crippen LogP contribution in [-0.2, 0) is 11.3 Å². The molecule has 0 atom stereocenters. The number of ether oxygens (including phenoxy) is 1. The van der Waals surface area contributed by atoms with E-state index >= 15 is 0 Å². The summed E-state index contributed by atoms with van der Waals surface area (Å²) in [6, 6.07) is 4.52. The van der Waals surface area contributed by atoms with Gasteiger partial charge in [-0.25, -0.2) is 15.0 Å². The lowest BCUT2D eigenvalue weighted by Crippen LogP contribution is -2.27. The second kappa shape index (κ2) is 9.86. The lowest BCUT2D eigenvalue weighted by molar-refractivity contribution is -0.115. The Morgan fingerprint density at radius 3 is 2.60 bits per heavy atom. The van der Waals surface area contributed by atoms with Crippen molar-refractivity contribution in [3.63, 3.8) is 0 Å². The number of rotatable bonds is 9. The summed E-state index contributed by atoms with van der Waals surface area (Å²) in [7, 11) is 0. The van der Waals surface area contributed by atoms with Crippen molar-refractivity contribution in [1.29, 1.82) is 0 Å². The molecule has 160 valence electrons. The number of halogens is 2. The van der Waals surface area contributed by atoms with Crippen molar-refractivity contribution in [2.24, 2.45) is 0 Å². The lowest BCUT2D eigenvalue weighted by Gasteiger charge is -2.16. The first-order valence-electron chi connectivity index (χ1n) is 9.16. The normalized spacial score (nSPS) is 11.0. The van der Waals surface area contributed by atoms with Gasteiger partial charge in [0.05, 0.1) is 0 Å². The average Bonchev–Trinajstić information content (AvgIpc) is 2.70. The second-order valence-electron chi connectivity index (χ2n) is 6.58. The van der Waals surface area contributed by atoms with Crippen molar-refractivity contribution in [2.75, 3.05) is 11.9 Å². The Kier molecular flexibility index (Phi) is 7.51. The molecule has 2 rings (SSSR count). The molecular formula is C20H23F2N5O3. The third kappa shape index (κ3) is 6.57. The summed E-state index contributed by atoms with van der Waals surface area (Å²) in [5, 5.41) is 5.19. The molecule has 30 heavy (non-hydrogen) atoms. The van der Waals surface area contributed by atoms with Gasteiger partial charge in [-0.3, -0.25) is 14.9 Å². The number of pyridine rings is 1. The fourth-order valence-corrected chi connectivity index (χ4v) is 2.12. The van der Waals surface area contributed by atoms with E-state index in [-0.39, 0.29) is 42.0 Å². The first-order chi connectivity index (χ1) is 14.1. The van der Waals surface area contributed by atoms with E-state index < -0.39 is 18.4 Å². The molecule has 0 spiro atoms. The summed E-state index contributed by atoms with van der Waals surface area (Å²) in [5.74, 6) is -3.77. The summed E-state index contributed by atoms with van der Waals surface area (Å²) in [5.41, 5.74) is 0.965. The predicted octanol–water partition coefficient (Wildman–Crippen LogP) is 3.05. The van der Waals surface area contributed by atoms with E-state index in [9.17, 15) is 18.4 Å². The summed E-state index contributed by atoms with van der Waals surface area (Å²) in [4.78, 5) is 35.9. The molecule has 2 heterocycles. The van der Waals surface area contributed by atoms with Crippen molar-refractivity contribution in [3.8, 4) is 5.88 Å². The third-order valence-corrected chi connectivity index (χ3v) is 3.94. The van der Waals surface area contributed by atoms with Crippen molar-refractivity contribution in [1.82, 2.24) is 20.3 Å². The Balaban J connectivity index is 1.95. The number of nitrogens with one attached hydrogen (secondary N) is 2. The Morgan fingerprint density at radius 1 is 1.27 bits per heavy atom. The number of alkyl halides is 2. The number of hydrogen-bond acceptors (Lipinski definition) is 6. The fourth-order valence-electron chi connectivity index (χ4n) is 2.12. The molecule has 0 aliphatic carbocycles. The van der Waals surface area contributed by atoms with Gasteiger partial charge >= 0.3 is 5.92 Å². The molecule has 2 amide bonds. The monoisotopic (exact) mass is 419 g/mol. The van der Waals surface area contributed by atoms with E-state index in [1.54, 1.807) is 19.9 Å². The van der Waals surface area contributed by atoms with Gasteiger partial charge in [-0.2, -0.15) is 8.78 Å². The zero-order valence-electron chi connectivity index (χ0n) is 17.0. The summed E-state index contributed by atoms with van der Waals surface area (Å²) < 4.78 is 32.0. The molecule has 8 nitrogen and oxygen atoms in total. The Morgan fingerprint density at radius 2 is 2.00 bits per heavy atom. The Bertz CT molecular complexity index is 933. The number of anilines is 1. The molecule has 0 bridgehead atoms. The van der Waals surface area contributed by atoms with Crippen LogP contribution in [0.4, 0.5) is 14.7 Å². The number of amides is 2. The van der Waals surface area contributed by atoms with Crippen LogP contribution >= 0.6 is 0 Å².